The van der Waals surface area contributed by atoms with Gasteiger partial charge in [-0.3, -0.25) is 14.5 Å². The van der Waals surface area contributed by atoms with E-state index in [9.17, 15) is 14.4 Å². The molecule has 7 heteroatoms. The van der Waals surface area contributed by atoms with Gasteiger partial charge in [-0.15, -0.1) is 0 Å². The molecule has 2 aliphatic heterocycles. The summed E-state index contributed by atoms with van der Waals surface area (Å²) < 4.78 is 4.68. The smallest absolute Gasteiger partial charge is 0.328 e. The van der Waals surface area contributed by atoms with Crippen molar-refractivity contribution in [1.29, 1.82) is 0 Å². The van der Waals surface area contributed by atoms with Gasteiger partial charge in [-0.2, -0.15) is 0 Å². The van der Waals surface area contributed by atoms with Gasteiger partial charge in [-0.05, 0) is 88.1 Å². The average Bonchev–Trinajstić information content (AvgIpc) is 2.93. The summed E-state index contributed by atoms with van der Waals surface area (Å²) in [5.74, 6) is -0.691. The topological polar surface area (TPSA) is 66.9 Å². The summed E-state index contributed by atoms with van der Waals surface area (Å²) in [6, 6.07) is 5.63. The van der Waals surface area contributed by atoms with Crippen molar-refractivity contribution < 1.29 is 19.1 Å². The molecule has 1 aromatic carbocycles. The molecule has 2 aliphatic rings. The molecule has 0 bridgehead atoms. The Morgan fingerprint density at radius 2 is 1.93 bits per heavy atom. The van der Waals surface area contributed by atoms with Gasteiger partial charge in [-0.1, -0.05) is 13.0 Å². The average molecular weight is 431 g/mol. The van der Waals surface area contributed by atoms with Gasteiger partial charge in [-0.25, -0.2) is 4.79 Å². The van der Waals surface area contributed by atoms with E-state index in [-0.39, 0.29) is 5.54 Å². The quantitative estimate of drug-likeness (QED) is 0.506. The molecule has 2 heterocycles. The van der Waals surface area contributed by atoms with E-state index in [1.54, 1.807) is 6.08 Å². The number of carbonyl (C=O) groups is 3. The minimum atomic E-state index is -0.946. The Kier molecular flexibility index (Phi) is 6.05. The van der Waals surface area contributed by atoms with Crippen LogP contribution in [-0.2, 0) is 14.3 Å². The zero-order valence-corrected chi connectivity index (χ0v) is 19.5. The first-order valence-electron chi connectivity index (χ1n) is 10.3. The van der Waals surface area contributed by atoms with Crippen LogP contribution in [0.25, 0.3) is 6.08 Å². The summed E-state index contributed by atoms with van der Waals surface area (Å²) in [4.78, 5) is 40.6. The molecule has 1 fully saturated rings. The van der Waals surface area contributed by atoms with Crippen LogP contribution in [0.1, 0.15) is 65.0 Å². The van der Waals surface area contributed by atoms with Gasteiger partial charge in [0.1, 0.15) is 6.04 Å². The van der Waals surface area contributed by atoms with E-state index in [0.717, 1.165) is 28.6 Å². The van der Waals surface area contributed by atoms with Gasteiger partial charge in [0, 0.05) is 17.3 Å². The second-order valence-electron chi connectivity index (χ2n) is 8.95. The number of nitrogens with zero attached hydrogens (tertiary/aromatic N) is 2. The van der Waals surface area contributed by atoms with E-state index < -0.39 is 23.2 Å². The maximum absolute atomic E-state index is 12.8. The standard InChI is InChI=1S/C23H30N2O4S/c1-13(2)25-18-9-8-16(10-17(18)14(3)12-23(25,5)6)11-19-20(26)24(22(28)30-19)15(4)21(27)29-7/h8-11,13-15H,12H2,1-7H3/b19-11+/t14-,15-/m1/s1. The van der Waals surface area contributed by atoms with Crippen LogP contribution in [0, 0.1) is 0 Å². The predicted octanol–water partition coefficient (Wildman–Crippen LogP) is 4.79. The zero-order chi connectivity index (χ0) is 22.4. The number of carbonyl (C=O) groups excluding carboxylic acids is 3. The Balaban J connectivity index is 1.95. The highest BCUT2D eigenvalue weighted by Crippen LogP contribution is 2.45. The molecule has 0 unspecified atom stereocenters. The lowest BCUT2D eigenvalue weighted by atomic mass is 9.79. The summed E-state index contributed by atoms with van der Waals surface area (Å²) in [7, 11) is 1.24. The minimum absolute atomic E-state index is 0.0643. The van der Waals surface area contributed by atoms with Crippen molar-refractivity contribution in [2.24, 2.45) is 0 Å². The van der Waals surface area contributed by atoms with E-state index in [1.807, 2.05) is 6.07 Å². The molecule has 2 atom stereocenters. The van der Waals surface area contributed by atoms with Crippen molar-refractivity contribution >= 4 is 40.6 Å². The third-order valence-corrected chi connectivity index (χ3v) is 6.75. The molecule has 0 N–H and O–H groups in total. The molecule has 2 amide bonds. The van der Waals surface area contributed by atoms with Crippen molar-refractivity contribution in [3.63, 3.8) is 0 Å². The number of rotatable bonds is 4. The van der Waals surface area contributed by atoms with E-state index in [2.05, 4.69) is 56.4 Å². The number of amides is 2. The fourth-order valence-electron chi connectivity index (χ4n) is 4.78. The lowest BCUT2D eigenvalue weighted by Gasteiger charge is -2.50. The molecule has 1 aromatic rings. The Hall–Kier alpha value is -2.28. The van der Waals surface area contributed by atoms with E-state index in [4.69, 9.17) is 0 Å². The van der Waals surface area contributed by atoms with Crippen molar-refractivity contribution in [3.8, 4) is 0 Å². The van der Waals surface area contributed by atoms with Gasteiger partial charge in [0.2, 0.25) is 0 Å². The monoisotopic (exact) mass is 430 g/mol. The number of thioether (sulfide) groups is 1. The Morgan fingerprint density at radius 1 is 1.27 bits per heavy atom. The third-order valence-electron chi connectivity index (χ3n) is 5.87. The van der Waals surface area contributed by atoms with Gasteiger partial charge < -0.3 is 9.64 Å². The highest BCUT2D eigenvalue weighted by atomic mass is 32.2. The summed E-state index contributed by atoms with van der Waals surface area (Å²) in [6.45, 7) is 12.7. The van der Waals surface area contributed by atoms with Crippen molar-refractivity contribution in [3.05, 3.63) is 34.2 Å². The van der Waals surface area contributed by atoms with E-state index >= 15 is 0 Å². The lowest BCUT2D eigenvalue weighted by molar-refractivity contribution is -0.148. The van der Waals surface area contributed by atoms with E-state index in [0.29, 0.717) is 16.9 Å². The number of imide groups is 1. The number of hydrogen-bond acceptors (Lipinski definition) is 6. The van der Waals surface area contributed by atoms with Crippen LogP contribution < -0.4 is 4.90 Å². The maximum atomic E-state index is 12.8. The fraction of sp³-hybridized carbons (Fsp3) is 0.522. The molecule has 1 saturated heterocycles. The van der Waals surface area contributed by atoms with Crippen LogP contribution in [0.5, 0.6) is 0 Å². The van der Waals surface area contributed by atoms with Gasteiger partial charge in [0.15, 0.2) is 0 Å². The van der Waals surface area contributed by atoms with Crippen LogP contribution in [0.2, 0.25) is 0 Å². The van der Waals surface area contributed by atoms with Gasteiger partial charge in [0.05, 0.1) is 12.0 Å². The molecule has 3 rings (SSSR count). The second kappa shape index (κ2) is 8.10. The number of esters is 1. The highest BCUT2D eigenvalue weighted by Gasteiger charge is 2.41. The first kappa shape index (κ1) is 22.4. The number of benzene rings is 1. The molecule has 6 nitrogen and oxygen atoms in total. The number of hydrogen-bond donors (Lipinski definition) is 0. The Bertz CT molecular complexity index is 922. The Morgan fingerprint density at radius 3 is 2.53 bits per heavy atom. The minimum Gasteiger partial charge on any atom is -0.467 e. The van der Waals surface area contributed by atoms with Crippen LogP contribution in [0.3, 0.4) is 0 Å². The van der Waals surface area contributed by atoms with Crippen LogP contribution in [0.15, 0.2) is 23.1 Å². The molecule has 0 saturated carbocycles. The molecule has 0 aromatic heterocycles. The van der Waals surface area contributed by atoms with Crippen molar-refractivity contribution in [2.75, 3.05) is 12.0 Å². The van der Waals surface area contributed by atoms with Gasteiger partial charge in [0.25, 0.3) is 11.1 Å². The fourth-order valence-corrected chi connectivity index (χ4v) is 5.69. The van der Waals surface area contributed by atoms with Crippen LogP contribution in [0.4, 0.5) is 10.5 Å². The third kappa shape index (κ3) is 3.87. The molecular weight excluding hydrogens is 400 g/mol. The first-order chi connectivity index (χ1) is 14.0. The summed E-state index contributed by atoms with van der Waals surface area (Å²) in [5, 5.41) is -0.455. The first-order valence-corrected chi connectivity index (χ1v) is 11.1. The van der Waals surface area contributed by atoms with Gasteiger partial charge >= 0.3 is 5.97 Å². The normalized spacial score (nSPS) is 23.2. The highest BCUT2D eigenvalue weighted by molar-refractivity contribution is 8.18. The maximum Gasteiger partial charge on any atom is 0.328 e. The summed E-state index contributed by atoms with van der Waals surface area (Å²) in [5.41, 5.74) is 3.41. The van der Waals surface area contributed by atoms with Crippen LogP contribution >= 0.6 is 11.8 Å². The molecule has 0 spiro atoms. The van der Waals surface area contributed by atoms with Crippen molar-refractivity contribution in [2.45, 2.75) is 71.5 Å². The van der Waals surface area contributed by atoms with Crippen LogP contribution in [-0.4, -0.2) is 46.7 Å². The predicted molar refractivity (Wildman–Crippen MR) is 120 cm³/mol. The lowest BCUT2D eigenvalue weighted by Crippen LogP contribution is -2.51. The number of methoxy groups -OCH3 is 1. The molecular formula is C23H30N2O4S. The number of anilines is 1. The molecule has 30 heavy (non-hydrogen) atoms. The van der Waals surface area contributed by atoms with Crippen molar-refractivity contribution in [1.82, 2.24) is 4.90 Å². The largest absolute Gasteiger partial charge is 0.467 e. The number of ether oxygens (including phenoxy) is 1. The zero-order valence-electron chi connectivity index (χ0n) is 18.7. The summed E-state index contributed by atoms with van der Waals surface area (Å²) in [6.07, 6.45) is 2.77. The molecule has 162 valence electrons. The second-order valence-corrected chi connectivity index (χ2v) is 9.94. The number of fused-ring (bicyclic) bond motifs is 1. The Labute approximate surface area is 182 Å². The summed E-state index contributed by atoms with van der Waals surface area (Å²) >= 11 is 0.857. The van der Waals surface area contributed by atoms with E-state index in [1.165, 1.54) is 25.3 Å². The molecule has 0 radical (unpaired) electrons. The SMILES string of the molecule is COC(=O)[C@@H](C)N1C(=O)S/C(=C/c2ccc3c(c2)[C@H](C)CC(C)(C)N3C(C)C)C1=O. The molecule has 0 aliphatic carbocycles.